The standard InChI is InChI=1S/C15H16N4O3S.C2HF3O2/c16-15(17)11-5-4-8-13(9-11)23(21,22)18-10-14(20)19-12-6-2-1-3-7-12;3-2(4,5)1(6)7/h1-9,18H,10H2,(H3,16,17)(H,19,20);(H,6,7). The molecule has 0 atom stereocenters. The molecular weight excluding hydrogens is 429 g/mol. The summed E-state index contributed by atoms with van der Waals surface area (Å²) in [5.74, 6) is -3.46. The molecule has 2 aromatic rings. The van der Waals surface area contributed by atoms with Gasteiger partial charge in [-0.2, -0.15) is 13.2 Å². The number of carboxylic acids is 1. The highest BCUT2D eigenvalue weighted by Gasteiger charge is 2.28. The van der Waals surface area contributed by atoms with Crippen molar-refractivity contribution in [1.29, 1.82) is 0 Å². The number of carbonyl (C=O) groups excluding carboxylic acids is 2. The van der Waals surface area contributed by atoms with Crippen LogP contribution in [0.3, 0.4) is 0 Å². The molecule has 6 N–H and O–H groups in total. The van der Waals surface area contributed by atoms with Gasteiger partial charge in [-0.1, -0.05) is 24.3 Å². The zero-order chi connectivity index (χ0) is 22.9. The second-order valence-corrected chi connectivity index (χ2v) is 7.27. The van der Waals surface area contributed by atoms with Crippen LogP contribution in [0.2, 0.25) is 0 Å². The number of amidine groups is 1. The number of alkyl halides is 3. The number of benzene rings is 2. The average Bonchev–Trinajstić information content (AvgIpc) is 2.67. The molecule has 1 amide bonds. The van der Waals surface area contributed by atoms with Gasteiger partial charge in [0, 0.05) is 5.69 Å². The Morgan fingerprint density at radius 2 is 1.63 bits per heavy atom. The summed E-state index contributed by atoms with van der Waals surface area (Å²) in [6.45, 7) is -0.386. The number of aliphatic carboxylic acids is 1. The molecule has 0 spiro atoms. The summed E-state index contributed by atoms with van der Waals surface area (Å²) in [6.07, 6.45) is -5.19. The number of nitrogens with two attached hydrogens (primary N) is 2. The van der Waals surface area contributed by atoms with Gasteiger partial charge in [-0.05, 0) is 30.3 Å². The Morgan fingerprint density at radius 3 is 2.13 bits per heavy atom. The minimum absolute atomic E-state index is 0.0175. The summed E-state index contributed by atoms with van der Waals surface area (Å²) in [5.41, 5.74) is 6.44. The van der Waals surface area contributed by atoms with Crippen LogP contribution >= 0.6 is 0 Å². The highest BCUT2D eigenvalue weighted by atomic mass is 32.2. The van der Waals surface area contributed by atoms with E-state index >= 15 is 0 Å². The second-order valence-electron chi connectivity index (χ2n) is 5.51. The summed E-state index contributed by atoms with van der Waals surface area (Å²) < 4.78 is 58.1. The Morgan fingerprint density at radius 1 is 1.07 bits per heavy atom. The lowest BCUT2D eigenvalue weighted by Gasteiger charge is -2.08. The van der Waals surface area contributed by atoms with E-state index in [9.17, 15) is 26.4 Å². The highest BCUT2D eigenvalue weighted by molar-refractivity contribution is 7.89. The van der Waals surface area contributed by atoms with E-state index in [1.54, 1.807) is 30.3 Å². The van der Waals surface area contributed by atoms with Crippen molar-refractivity contribution in [2.24, 2.45) is 5.73 Å². The zero-order valence-corrected chi connectivity index (χ0v) is 16.0. The Hall–Kier alpha value is -3.45. The zero-order valence-electron chi connectivity index (χ0n) is 15.1. The normalized spacial score (nSPS) is 11.0. The van der Waals surface area contributed by atoms with Crippen LogP contribution in [-0.4, -0.2) is 38.9 Å². The number of amides is 1. The highest BCUT2D eigenvalue weighted by Crippen LogP contribution is 2.12. The molecule has 0 unspecified atom stereocenters. The number of carbonyl (C=O) groups is 2. The third kappa shape index (κ3) is 8.28. The number of sulfonamides is 1. The molecule has 0 aliphatic rings. The number of para-hydroxylation sites is 1. The first-order chi connectivity index (χ1) is 13.8. The van der Waals surface area contributed by atoms with Gasteiger partial charge in [0.25, 0.3) is 5.84 Å². The van der Waals surface area contributed by atoms with E-state index < -0.39 is 28.1 Å². The van der Waals surface area contributed by atoms with E-state index in [2.05, 4.69) is 10.0 Å². The molecule has 30 heavy (non-hydrogen) atoms. The Bertz CT molecular complexity index is 1010. The lowest BCUT2D eigenvalue weighted by molar-refractivity contribution is -0.344. The monoisotopic (exact) mass is 446 g/mol. The first-order valence-electron chi connectivity index (χ1n) is 7.94. The first-order valence-corrected chi connectivity index (χ1v) is 9.42. The fourth-order valence-corrected chi connectivity index (χ4v) is 2.84. The number of hydrogen-bond acceptors (Lipinski definition) is 5. The van der Waals surface area contributed by atoms with Crippen LogP contribution in [0.1, 0.15) is 5.56 Å². The summed E-state index contributed by atoms with van der Waals surface area (Å²) >= 11 is 0. The van der Waals surface area contributed by atoms with Crippen molar-refractivity contribution in [3.63, 3.8) is 0 Å². The van der Waals surface area contributed by atoms with Gasteiger partial charge in [0.1, 0.15) is 5.97 Å². The molecule has 0 bridgehead atoms. The van der Waals surface area contributed by atoms with Crippen molar-refractivity contribution in [2.75, 3.05) is 11.9 Å². The van der Waals surface area contributed by atoms with Crippen molar-refractivity contribution in [1.82, 2.24) is 4.72 Å². The molecule has 2 aromatic carbocycles. The quantitative estimate of drug-likeness (QED) is 0.307. The van der Waals surface area contributed by atoms with Gasteiger partial charge in [-0.15, -0.1) is 0 Å². The van der Waals surface area contributed by atoms with Crippen LogP contribution in [-0.2, 0) is 19.6 Å². The Balaban J connectivity index is 0.000000553. The number of rotatable bonds is 6. The van der Waals surface area contributed by atoms with Gasteiger partial charge in [-0.25, -0.2) is 13.1 Å². The molecule has 13 heteroatoms. The molecule has 0 aliphatic heterocycles. The average molecular weight is 446 g/mol. The van der Waals surface area contributed by atoms with Crippen molar-refractivity contribution >= 4 is 33.4 Å². The van der Waals surface area contributed by atoms with Crippen LogP contribution in [0.25, 0.3) is 0 Å². The van der Waals surface area contributed by atoms with E-state index in [1.807, 2.05) is 6.07 Å². The van der Waals surface area contributed by atoms with Crippen LogP contribution in [0, 0.1) is 0 Å². The molecule has 0 saturated heterocycles. The topological polar surface area (TPSA) is 167 Å². The molecule has 0 aliphatic carbocycles. The van der Waals surface area contributed by atoms with E-state index in [0.29, 0.717) is 11.3 Å². The van der Waals surface area contributed by atoms with Crippen molar-refractivity contribution in [3.05, 3.63) is 60.2 Å². The van der Waals surface area contributed by atoms with Gasteiger partial charge in [0.05, 0.1) is 17.0 Å². The van der Waals surface area contributed by atoms with Gasteiger partial charge in [0.15, 0.2) is 0 Å². The number of nitrogens with one attached hydrogen (secondary N) is 2. The largest absolute Gasteiger partial charge is 0.542 e. The maximum Gasteiger partial charge on any atom is 0.430 e. The van der Waals surface area contributed by atoms with Crippen molar-refractivity contribution < 1.29 is 41.7 Å². The maximum absolute atomic E-state index is 12.2. The summed E-state index contributed by atoms with van der Waals surface area (Å²) in [6, 6.07) is 14.6. The smallest absolute Gasteiger partial charge is 0.430 e. The number of carboxylic acid groups (broad SMARTS) is 1. The molecule has 162 valence electrons. The predicted octanol–water partition coefficient (Wildman–Crippen LogP) is -1.63. The van der Waals surface area contributed by atoms with Gasteiger partial charge < -0.3 is 15.2 Å². The third-order valence-corrected chi connectivity index (χ3v) is 4.59. The lowest BCUT2D eigenvalue weighted by Crippen LogP contribution is -2.46. The molecule has 9 nitrogen and oxygen atoms in total. The van der Waals surface area contributed by atoms with E-state index in [-0.39, 0.29) is 17.3 Å². The van der Waals surface area contributed by atoms with Crippen LogP contribution in [0.4, 0.5) is 18.9 Å². The number of halogens is 3. The van der Waals surface area contributed by atoms with E-state index in [4.69, 9.17) is 21.0 Å². The first kappa shape index (κ1) is 24.6. The summed E-state index contributed by atoms with van der Waals surface area (Å²) in [7, 11) is -3.84. The van der Waals surface area contributed by atoms with Crippen LogP contribution in [0.5, 0.6) is 0 Å². The molecule has 0 radical (unpaired) electrons. The summed E-state index contributed by atoms with van der Waals surface area (Å²) in [4.78, 5) is 20.6. The molecule has 2 rings (SSSR count). The lowest BCUT2D eigenvalue weighted by atomic mass is 10.2. The molecule has 0 heterocycles. The second kappa shape index (κ2) is 10.4. The third-order valence-electron chi connectivity index (χ3n) is 3.19. The van der Waals surface area contributed by atoms with E-state index in [0.717, 1.165) is 0 Å². The molecule has 0 saturated carbocycles. The van der Waals surface area contributed by atoms with Crippen molar-refractivity contribution in [2.45, 2.75) is 11.1 Å². The van der Waals surface area contributed by atoms with Crippen LogP contribution < -0.4 is 26.3 Å². The Labute approximate surface area is 169 Å². The molecular formula is C17H17F3N4O5S. The van der Waals surface area contributed by atoms with Gasteiger partial charge in [0.2, 0.25) is 15.9 Å². The van der Waals surface area contributed by atoms with Crippen molar-refractivity contribution in [3.8, 4) is 0 Å². The fourth-order valence-electron chi connectivity index (χ4n) is 1.81. The maximum atomic E-state index is 12.2. The SMILES string of the molecule is NC(=[NH2+])c1cccc(S(=O)(=O)NCC(=O)Nc2ccccc2)c1.O=C([O-])C(F)(F)F. The van der Waals surface area contributed by atoms with E-state index in [1.165, 1.54) is 18.2 Å². The predicted molar refractivity (Wildman–Crippen MR) is 98.0 cm³/mol. The molecule has 0 fully saturated rings. The minimum atomic E-state index is -5.19. The number of hydrogen-bond donors (Lipinski definition) is 4. The fraction of sp³-hybridized carbons (Fsp3) is 0.118. The minimum Gasteiger partial charge on any atom is -0.542 e. The van der Waals surface area contributed by atoms with Gasteiger partial charge in [-0.3, -0.25) is 15.9 Å². The Kier molecular flexibility index (Phi) is 8.49. The van der Waals surface area contributed by atoms with Crippen LogP contribution in [0.15, 0.2) is 59.5 Å². The van der Waals surface area contributed by atoms with Gasteiger partial charge >= 0.3 is 6.18 Å². The molecule has 0 aromatic heterocycles. The summed E-state index contributed by atoms with van der Waals surface area (Å²) in [5, 5.41) is 16.8. The number of anilines is 1.